The molecular formula is C15H14FNO5S. The first-order chi connectivity index (χ1) is 11.0. The molecule has 0 spiro atoms. The maximum atomic E-state index is 12.7. The maximum absolute atomic E-state index is 12.7. The van der Waals surface area contributed by atoms with E-state index in [0.717, 1.165) is 0 Å². The molecule has 2 aromatic carbocycles. The van der Waals surface area contributed by atoms with Crippen LogP contribution < -0.4 is 18.9 Å². The lowest BCUT2D eigenvalue weighted by atomic mass is 10.3. The quantitative estimate of drug-likeness (QED) is 0.814. The Morgan fingerprint density at radius 3 is 2.61 bits per heavy atom. The van der Waals surface area contributed by atoms with E-state index in [1.165, 1.54) is 36.4 Å². The summed E-state index contributed by atoms with van der Waals surface area (Å²) in [6.45, 7) is 0.279. The first kappa shape index (κ1) is 15.6. The molecule has 1 N–H and O–H groups in total. The fourth-order valence-electron chi connectivity index (χ4n) is 2.00. The van der Waals surface area contributed by atoms with E-state index in [0.29, 0.717) is 17.2 Å². The SMILES string of the molecule is O=S(=O)(NCCOc1ccc(F)cc1)c1ccc2c(c1)OCO2. The number of ether oxygens (including phenoxy) is 3. The van der Waals surface area contributed by atoms with E-state index >= 15 is 0 Å². The second-order valence-corrected chi connectivity index (χ2v) is 6.48. The number of benzene rings is 2. The average molecular weight is 339 g/mol. The predicted octanol–water partition coefficient (Wildman–Crippen LogP) is 1.91. The van der Waals surface area contributed by atoms with Crippen LogP contribution in [0, 0.1) is 5.82 Å². The molecule has 3 rings (SSSR count). The smallest absolute Gasteiger partial charge is 0.240 e. The number of hydrogen-bond donors (Lipinski definition) is 1. The van der Waals surface area contributed by atoms with Crippen LogP contribution in [0.5, 0.6) is 17.2 Å². The Morgan fingerprint density at radius 1 is 1.09 bits per heavy atom. The van der Waals surface area contributed by atoms with Crippen molar-refractivity contribution in [3.05, 3.63) is 48.3 Å². The van der Waals surface area contributed by atoms with E-state index < -0.39 is 10.0 Å². The third-order valence-electron chi connectivity index (χ3n) is 3.13. The zero-order valence-electron chi connectivity index (χ0n) is 12.0. The fourth-order valence-corrected chi connectivity index (χ4v) is 3.03. The predicted molar refractivity (Wildman–Crippen MR) is 79.6 cm³/mol. The first-order valence-corrected chi connectivity index (χ1v) is 8.31. The van der Waals surface area contributed by atoms with Gasteiger partial charge in [0.1, 0.15) is 18.2 Å². The van der Waals surface area contributed by atoms with Crippen molar-refractivity contribution in [2.45, 2.75) is 4.90 Å². The highest BCUT2D eigenvalue weighted by molar-refractivity contribution is 7.89. The van der Waals surface area contributed by atoms with Crippen LogP contribution in [0.15, 0.2) is 47.4 Å². The van der Waals surface area contributed by atoms with Crippen LogP contribution in [-0.4, -0.2) is 28.4 Å². The number of nitrogens with one attached hydrogen (secondary N) is 1. The molecular weight excluding hydrogens is 325 g/mol. The summed E-state index contributed by atoms with van der Waals surface area (Å²) in [4.78, 5) is 0.0866. The molecule has 0 saturated carbocycles. The van der Waals surface area contributed by atoms with E-state index in [9.17, 15) is 12.8 Å². The molecule has 0 unspecified atom stereocenters. The molecule has 0 bridgehead atoms. The molecule has 0 saturated heterocycles. The van der Waals surface area contributed by atoms with Crippen molar-refractivity contribution in [3.8, 4) is 17.2 Å². The number of halogens is 1. The van der Waals surface area contributed by atoms with Gasteiger partial charge in [0, 0.05) is 12.6 Å². The normalized spacial score (nSPS) is 13.1. The summed E-state index contributed by atoms with van der Waals surface area (Å²) in [5.41, 5.74) is 0. The van der Waals surface area contributed by atoms with Gasteiger partial charge in [0.2, 0.25) is 16.8 Å². The van der Waals surface area contributed by atoms with Gasteiger partial charge in [0.15, 0.2) is 11.5 Å². The Kier molecular flexibility index (Phi) is 4.35. The topological polar surface area (TPSA) is 73.9 Å². The monoisotopic (exact) mass is 339 g/mol. The molecule has 122 valence electrons. The van der Waals surface area contributed by atoms with Gasteiger partial charge in [-0.05, 0) is 36.4 Å². The van der Waals surface area contributed by atoms with Gasteiger partial charge < -0.3 is 14.2 Å². The van der Waals surface area contributed by atoms with Gasteiger partial charge in [-0.2, -0.15) is 0 Å². The molecule has 0 fully saturated rings. The van der Waals surface area contributed by atoms with Crippen molar-refractivity contribution in [1.82, 2.24) is 4.72 Å². The molecule has 1 aliphatic rings. The molecule has 2 aromatic rings. The van der Waals surface area contributed by atoms with Gasteiger partial charge in [-0.3, -0.25) is 0 Å². The Hall–Kier alpha value is -2.32. The Labute approximate surface area is 132 Å². The van der Waals surface area contributed by atoms with E-state index in [1.54, 1.807) is 6.07 Å². The lowest BCUT2D eigenvalue weighted by molar-refractivity contribution is 0.174. The Bertz CT molecular complexity index is 792. The van der Waals surface area contributed by atoms with Gasteiger partial charge in [0.05, 0.1) is 4.90 Å². The standard InChI is InChI=1S/C15H14FNO5S/c16-11-1-3-12(4-2-11)20-8-7-17-23(18,19)13-5-6-14-15(9-13)22-10-21-14/h1-6,9,17H,7-8,10H2. The molecule has 0 aromatic heterocycles. The molecule has 1 aliphatic heterocycles. The molecule has 6 nitrogen and oxygen atoms in total. The molecule has 0 atom stereocenters. The third kappa shape index (κ3) is 3.72. The summed E-state index contributed by atoms with van der Waals surface area (Å²) in [6, 6.07) is 9.88. The fraction of sp³-hybridized carbons (Fsp3) is 0.200. The van der Waals surface area contributed by atoms with Crippen LogP contribution in [0.3, 0.4) is 0 Å². The lowest BCUT2D eigenvalue weighted by Crippen LogP contribution is -2.28. The van der Waals surface area contributed by atoms with Crippen LogP contribution >= 0.6 is 0 Å². The van der Waals surface area contributed by atoms with Crippen LogP contribution in [0.1, 0.15) is 0 Å². The van der Waals surface area contributed by atoms with Crippen LogP contribution in [0.25, 0.3) is 0 Å². The molecule has 8 heteroatoms. The summed E-state index contributed by atoms with van der Waals surface area (Å²) in [6.07, 6.45) is 0. The van der Waals surface area contributed by atoms with Gasteiger partial charge >= 0.3 is 0 Å². The maximum Gasteiger partial charge on any atom is 0.240 e. The largest absolute Gasteiger partial charge is 0.492 e. The number of hydrogen-bond acceptors (Lipinski definition) is 5. The van der Waals surface area contributed by atoms with E-state index in [4.69, 9.17) is 14.2 Å². The molecule has 0 amide bonds. The summed E-state index contributed by atoms with van der Waals surface area (Å²) < 4.78 is 55.1. The van der Waals surface area contributed by atoms with Crippen molar-refractivity contribution in [2.24, 2.45) is 0 Å². The van der Waals surface area contributed by atoms with E-state index in [2.05, 4.69) is 4.72 Å². The van der Waals surface area contributed by atoms with Crippen molar-refractivity contribution < 1.29 is 27.0 Å². The molecule has 1 heterocycles. The molecule has 0 radical (unpaired) electrons. The summed E-state index contributed by atoms with van der Waals surface area (Å²) in [7, 11) is -3.67. The number of sulfonamides is 1. The zero-order valence-corrected chi connectivity index (χ0v) is 12.8. The minimum atomic E-state index is -3.67. The number of fused-ring (bicyclic) bond motifs is 1. The zero-order chi connectivity index (χ0) is 16.3. The minimum absolute atomic E-state index is 0.0775. The highest BCUT2D eigenvalue weighted by atomic mass is 32.2. The minimum Gasteiger partial charge on any atom is -0.492 e. The second-order valence-electron chi connectivity index (χ2n) is 4.72. The van der Waals surface area contributed by atoms with Crippen molar-refractivity contribution in [2.75, 3.05) is 19.9 Å². The summed E-state index contributed by atoms with van der Waals surface area (Å²) in [5, 5.41) is 0. The Morgan fingerprint density at radius 2 is 1.83 bits per heavy atom. The highest BCUT2D eigenvalue weighted by Gasteiger charge is 2.19. The molecule has 23 heavy (non-hydrogen) atoms. The lowest BCUT2D eigenvalue weighted by Gasteiger charge is -2.09. The van der Waals surface area contributed by atoms with Gasteiger partial charge in [-0.25, -0.2) is 17.5 Å². The van der Waals surface area contributed by atoms with Gasteiger partial charge in [0.25, 0.3) is 0 Å². The summed E-state index contributed by atoms with van der Waals surface area (Å²) >= 11 is 0. The van der Waals surface area contributed by atoms with Crippen LogP contribution in [-0.2, 0) is 10.0 Å². The second kappa shape index (κ2) is 6.43. The van der Waals surface area contributed by atoms with Gasteiger partial charge in [-0.15, -0.1) is 0 Å². The third-order valence-corrected chi connectivity index (χ3v) is 4.59. The first-order valence-electron chi connectivity index (χ1n) is 6.82. The Balaban J connectivity index is 1.55. The van der Waals surface area contributed by atoms with Crippen LogP contribution in [0.2, 0.25) is 0 Å². The van der Waals surface area contributed by atoms with Crippen molar-refractivity contribution in [1.29, 1.82) is 0 Å². The summed E-state index contributed by atoms with van der Waals surface area (Å²) in [5.74, 6) is 1.02. The highest BCUT2D eigenvalue weighted by Crippen LogP contribution is 2.33. The number of rotatable bonds is 6. The molecule has 0 aliphatic carbocycles. The average Bonchev–Trinajstić information content (AvgIpc) is 3.01. The van der Waals surface area contributed by atoms with Crippen molar-refractivity contribution >= 4 is 10.0 Å². The van der Waals surface area contributed by atoms with Gasteiger partial charge in [-0.1, -0.05) is 0 Å². The van der Waals surface area contributed by atoms with Crippen LogP contribution in [0.4, 0.5) is 4.39 Å². The van der Waals surface area contributed by atoms with Crippen molar-refractivity contribution in [3.63, 3.8) is 0 Å². The van der Waals surface area contributed by atoms with E-state index in [-0.39, 0.29) is 30.7 Å². The van der Waals surface area contributed by atoms with E-state index in [1.807, 2.05) is 0 Å².